The largest absolute Gasteiger partial charge is 0.373 e. The molecule has 1 atom stereocenters. The summed E-state index contributed by atoms with van der Waals surface area (Å²) in [7, 11) is 1.71. The average molecular weight is 414 g/mol. The minimum atomic E-state index is -0.641. The summed E-state index contributed by atoms with van der Waals surface area (Å²) in [5.41, 5.74) is 6.03. The van der Waals surface area contributed by atoms with Crippen LogP contribution < -0.4 is 21.9 Å². The van der Waals surface area contributed by atoms with Crippen LogP contribution in [0.3, 0.4) is 0 Å². The summed E-state index contributed by atoms with van der Waals surface area (Å²) < 4.78 is 15.8. The van der Waals surface area contributed by atoms with Crippen molar-refractivity contribution in [2.45, 2.75) is 12.5 Å². The summed E-state index contributed by atoms with van der Waals surface area (Å²) in [4.78, 5) is 31.1. The molecule has 1 amide bonds. The van der Waals surface area contributed by atoms with Crippen molar-refractivity contribution in [3.63, 3.8) is 0 Å². The zero-order chi connectivity index (χ0) is 21.3. The fourth-order valence-electron chi connectivity index (χ4n) is 3.77. The van der Waals surface area contributed by atoms with Gasteiger partial charge in [0.25, 0.3) is 11.5 Å². The molecular formula is C19H23FN8O2. The van der Waals surface area contributed by atoms with Crippen LogP contribution in [0.4, 0.5) is 21.7 Å². The highest BCUT2D eigenvalue weighted by molar-refractivity contribution is 5.98. The van der Waals surface area contributed by atoms with Gasteiger partial charge in [0.2, 0.25) is 0 Å². The lowest BCUT2D eigenvalue weighted by Crippen LogP contribution is -2.29. The molecule has 1 fully saturated rings. The summed E-state index contributed by atoms with van der Waals surface area (Å²) in [6.07, 6.45) is 3.89. The number of carbonyl (C=O) groups is 1. The number of alkyl halides is 1. The summed E-state index contributed by atoms with van der Waals surface area (Å²) in [6.45, 7) is 1.39. The monoisotopic (exact) mass is 414 g/mol. The first kappa shape index (κ1) is 19.8. The van der Waals surface area contributed by atoms with E-state index < -0.39 is 12.6 Å². The molecule has 30 heavy (non-hydrogen) atoms. The van der Waals surface area contributed by atoms with Crippen molar-refractivity contribution in [1.29, 1.82) is 0 Å². The molecule has 1 unspecified atom stereocenters. The second-order valence-corrected chi connectivity index (χ2v) is 7.13. The topological polar surface area (TPSA) is 123 Å². The lowest BCUT2D eigenvalue weighted by atomic mass is 10.2. The molecule has 0 bridgehead atoms. The second kappa shape index (κ2) is 8.11. The number of nitrogens with zero attached hydrogens (tertiary/aromatic N) is 5. The molecule has 3 aromatic heterocycles. The van der Waals surface area contributed by atoms with Crippen molar-refractivity contribution in [2.24, 2.45) is 5.73 Å². The lowest BCUT2D eigenvalue weighted by Gasteiger charge is -2.17. The molecule has 4 rings (SSSR count). The maximum Gasteiger partial charge on any atom is 0.274 e. The van der Waals surface area contributed by atoms with Crippen LogP contribution in [0.15, 0.2) is 35.4 Å². The van der Waals surface area contributed by atoms with E-state index in [0.29, 0.717) is 30.4 Å². The van der Waals surface area contributed by atoms with Gasteiger partial charge in [0.05, 0.1) is 12.2 Å². The highest BCUT2D eigenvalue weighted by atomic mass is 19.1. The number of fused-ring (bicyclic) bond motifs is 1. The molecule has 4 heterocycles. The van der Waals surface area contributed by atoms with E-state index >= 15 is 0 Å². The number of rotatable bonds is 7. The smallest absolute Gasteiger partial charge is 0.274 e. The molecule has 1 aliphatic rings. The minimum absolute atomic E-state index is 0.00889. The van der Waals surface area contributed by atoms with Gasteiger partial charge in [-0.1, -0.05) is 0 Å². The van der Waals surface area contributed by atoms with Crippen molar-refractivity contribution in [3.05, 3.63) is 46.5 Å². The maximum absolute atomic E-state index is 13.0. The van der Waals surface area contributed by atoms with E-state index in [-0.39, 0.29) is 22.8 Å². The Labute approximate surface area is 171 Å². The van der Waals surface area contributed by atoms with Crippen LogP contribution in [-0.4, -0.2) is 63.3 Å². The third-order valence-corrected chi connectivity index (χ3v) is 5.27. The molecule has 10 nitrogen and oxygen atoms in total. The first-order valence-corrected chi connectivity index (χ1v) is 9.64. The van der Waals surface area contributed by atoms with Gasteiger partial charge in [-0.15, -0.1) is 0 Å². The molecule has 1 saturated heterocycles. The zero-order valence-electron chi connectivity index (χ0n) is 16.5. The van der Waals surface area contributed by atoms with Gasteiger partial charge in [0, 0.05) is 38.9 Å². The number of aromatic nitrogens is 4. The van der Waals surface area contributed by atoms with Gasteiger partial charge < -0.3 is 20.9 Å². The van der Waals surface area contributed by atoms with E-state index in [9.17, 15) is 14.0 Å². The maximum atomic E-state index is 13.0. The number of halogens is 1. The predicted molar refractivity (Wildman–Crippen MR) is 111 cm³/mol. The van der Waals surface area contributed by atoms with Crippen LogP contribution in [0.1, 0.15) is 22.8 Å². The Morgan fingerprint density at radius 3 is 3.00 bits per heavy atom. The number of anilines is 3. The molecule has 3 aromatic rings. The van der Waals surface area contributed by atoms with Crippen molar-refractivity contribution in [2.75, 3.05) is 44.0 Å². The van der Waals surface area contributed by atoms with Crippen LogP contribution in [0.5, 0.6) is 0 Å². The number of hydrogen-bond acceptors (Lipinski definition) is 7. The first-order valence-electron chi connectivity index (χ1n) is 9.64. The van der Waals surface area contributed by atoms with E-state index in [2.05, 4.69) is 20.7 Å². The average Bonchev–Trinajstić information content (AvgIpc) is 3.36. The Morgan fingerprint density at radius 1 is 1.43 bits per heavy atom. The van der Waals surface area contributed by atoms with Crippen LogP contribution in [-0.2, 0) is 0 Å². The van der Waals surface area contributed by atoms with Gasteiger partial charge in [-0.25, -0.2) is 9.37 Å². The molecule has 4 N–H and O–H groups in total. The Hall–Kier alpha value is -3.47. The summed E-state index contributed by atoms with van der Waals surface area (Å²) >= 11 is 0. The van der Waals surface area contributed by atoms with E-state index in [4.69, 9.17) is 5.73 Å². The van der Waals surface area contributed by atoms with Gasteiger partial charge in [-0.2, -0.15) is 9.61 Å². The number of carbonyl (C=O) groups excluding carboxylic acids is 1. The normalized spacial score (nSPS) is 16.8. The fourth-order valence-corrected chi connectivity index (χ4v) is 3.77. The van der Waals surface area contributed by atoms with Crippen molar-refractivity contribution < 1.29 is 9.18 Å². The zero-order valence-corrected chi connectivity index (χ0v) is 16.5. The van der Waals surface area contributed by atoms with Gasteiger partial charge in [0.15, 0.2) is 5.65 Å². The van der Waals surface area contributed by atoms with E-state index in [1.54, 1.807) is 36.0 Å². The number of pyridine rings is 1. The molecule has 0 aliphatic carbocycles. The number of primary amides is 1. The van der Waals surface area contributed by atoms with E-state index in [1.165, 1.54) is 10.7 Å². The minimum Gasteiger partial charge on any atom is -0.373 e. The first-order chi connectivity index (χ1) is 14.5. The Morgan fingerprint density at radius 2 is 2.27 bits per heavy atom. The molecule has 0 radical (unpaired) electrons. The van der Waals surface area contributed by atoms with Gasteiger partial charge in [-0.05, 0) is 18.6 Å². The SMILES string of the molecule is CNc1cc(Nc2cccn(C3CCN(CCF)C3)c2=O)nc2c(C(N)=O)cnn12. The molecule has 11 heteroatoms. The second-order valence-electron chi connectivity index (χ2n) is 7.13. The molecule has 0 saturated carbocycles. The quantitative estimate of drug-likeness (QED) is 0.527. The third kappa shape index (κ3) is 3.59. The molecule has 0 spiro atoms. The van der Waals surface area contributed by atoms with E-state index in [0.717, 1.165) is 13.0 Å². The summed E-state index contributed by atoms with van der Waals surface area (Å²) in [6, 6.07) is 5.13. The Kier molecular flexibility index (Phi) is 5.36. The molecule has 0 aromatic carbocycles. The predicted octanol–water partition coefficient (Wildman–Crippen LogP) is 0.991. The van der Waals surface area contributed by atoms with Crippen LogP contribution in [0, 0.1) is 0 Å². The Balaban J connectivity index is 1.66. The Bertz CT molecular complexity index is 1140. The summed E-state index contributed by atoms with van der Waals surface area (Å²) in [5.74, 6) is 0.303. The highest BCUT2D eigenvalue weighted by Gasteiger charge is 2.24. The number of amides is 1. The standard InChI is InChI=1S/C19H23FN8O2/c1-22-16-9-15(25-18-13(17(21)29)10-23-28(16)18)24-14-3-2-6-27(19(14)30)12-4-7-26(11-12)8-5-20/h2-3,6,9-10,12,22H,4-5,7-8,11H2,1H3,(H2,21,29)(H,24,25). The third-order valence-electron chi connectivity index (χ3n) is 5.27. The number of hydrogen-bond donors (Lipinski definition) is 3. The number of nitrogens with one attached hydrogen (secondary N) is 2. The van der Waals surface area contributed by atoms with Gasteiger partial charge >= 0.3 is 0 Å². The van der Waals surface area contributed by atoms with Crippen LogP contribution in [0.25, 0.3) is 5.65 Å². The molecule has 1 aliphatic heterocycles. The molecule has 158 valence electrons. The van der Waals surface area contributed by atoms with Crippen molar-refractivity contribution in [1.82, 2.24) is 24.1 Å². The van der Waals surface area contributed by atoms with Crippen LogP contribution in [0.2, 0.25) is 0 Å². The van der Waals surface area contributed by atoms with E-state index in [1.807, 2.05) is 4.90 Å². The van der Waals surface area contributed by atoms with Crippen LogP contribution >= 0.6 is 0 Å². The summed E-state index contributed by atoms with van der Waals surface area (Å²) in [5, 5.41) is 10.2. The highest BCUT2D eigenvalue weighted by Crippen LogP contribution is 2.23. The molecular weight excluding hydrogens is 391 g/mol. The number of likely N-dealkylation sites (tertiary alicyclic amines) is 1. The fraction of sp³-hybridized carbons (Fsp3) is 0.368. The lowest BCUT2D eigenvalue weighted by molar-refractivity contribution is 0.100. The van der Waals surface area contributed by atoms with Gasteiger partial charge in [0.1, 0.15) is 29.6 Å². The van der Waals surface area contributed by atoms with Crippen molar-refractivity contribution >= 4 is 28.9 Å². The number of nitrogens with two attached hydrogens (primary N) is 1. The van der Waals surface area contributed by atoms with Gasteiger partial charge in [-0.3, -0.25) is 14.5 Å². The van der Waals surface area contributed by atoms with Crippen molar-refractivity contribution in [3.8, 4) is 0 Å².